The lowest BCUT2D eigenvalue weighted by Crippen LogP contribution is -2.49. The van der Waals surface area contributed by atoms with Crippen molar-refractivity contribution < 1.29 is 14.3 Å². The summed E-state index contributed by atoms with van der Waals surface area (Å²) >= 11 is 0. The van der Waals surface area contributed by atoms with Gasteiger partial charge in [-0.1, -0.05) is 0 Å². The highest BCUT2D eigenvalue weighted by Gasteiger charge is 2.23. The summed E-state index contributed by atoms with van der Waals surface area (Å²) in [5.41, 5.74) is 16.1. The number of hydrogen-bond acceptors (Lipinski definition) is 6. The molecule has 0 bridgehead atoms. The van der Waals surface area contributed by atoms with E-state index in [4.69, 9.17) is 28.0 Å². The third-order valence-corrected chi connectivity index (χ3v) is 3.13. The molecular weight excluding hydrogens is 458 g/mol. The molecule has 0 spiro atoms. The van der Waals surface area contributed by atoms with Crippen LogP contribution >= 0.6 is 49.6 Å². The van der Waals surface area contributed by atoms with Crippen LogP contribution in [0.2, 0.25) is 0 Å². The Morgan fingerprint density at radius 3 is 1.75 bits per heavy atom. The Morgan fingerprint density at radius 2 is 1.36 bits per heavy atom. The first-order chi connectivity index (χ1) is 11.3. The predicted octanol–water partition coefficient (Wildman–Crippen LogP) is -0.815. The van der Waals surface area contributed by atoms with Gasteiger partial charge in [-0.05, 0) is 25.7 Å². The van der Waals surface area contributed by atoms with Gasteiger partial charge in [-0.2, -0.15) is 0 Å². The van der Waals surface area contributed by atoms with Crippen LogP contribution in [0.25, 0.3) is 0 Å². The van der Waals surface area contributed by atoms with E-state index in [1.54, 1.807) is 0 Å². The summed E-state index contributed by atoms with van der Waals surface area (Å²) in [6, 6.07) is -1.58. The number of ether oxygens (including phenoxy) is 1. The summed E-state index contributed by atoms with van der Waals surface area (Å²) in [5, 5.41) is 21.8. The SMILES string of the molecule is COC(=O)[C@H](CCCNC(=N)N)NC(=O)[C@@H](N)CCCNC(=N)N.Cl.Cl.Cl.Cl. The number of methoxy groups -OCH3 is 1. The average Bonchev–Trinajstić information content (AvgIpc) is 2.52. The van der Waals surface area contributed by atoms with Gasteiger partial charge in [0.2, 0.25) is 5.91 Å². The molecule has 2 atom stereocenters. The van der Waals surface area contributed by atoms with E-state index in [1.807, 2.05) is 0 Å². The molecule has 0 aromatic rings. The van der Waals surface area contributed by atoms with Crippen molar-refractivity contribution in [1.82, 2.24) is 16.0 Å². The molecule has 0 fully saturated rings. The lowest BCUT2D eigenvalue weighted by molar-refractivity contribution is -0.145. The van der Waals surface area contributed by atoms with E-state index < -0.39 is 24.0 Å². The van der Waals surface area contributed by atoms with Crippen LogP contribution in [0, 0.1) is 10.8 Å². The van der Waals surface area contributed by atoms with Crippen LogP contribution in [0.1, 0.15) is 25.7 Å². The highest BCUT2D eigenvalue weighted by molar-refractivity contribution is 5.87. The molecule has 0 radical (unpaired) electrons. The Balaban J connectivity index is -0.000000441. The van der Waals surface area contributed by atoms with Gasteiger partial charge in [0.15, 0.2) is 11.9 Å². The van der Waals surface area contributed by atoms with Crippen molar-refractivity contribution >= 4 is 73.4 Å². The number of guanidine groups is 2. The van der Waals surface area contributed by atoms with Gasteiger partial charge in [-0.3, -0.25) is 15.6 Å². The standard InChI is InChI=1S/C13H28N8O3.4ClH/c1-24-11(23)9(5-3-7-20-13(17)18)21-10(22)8(14)4-2-6-19-12(15)16;;;;/h8-9H,2-7,14H2,1H3,(H,21,22)(H4,15,16,19)(H4,17,18,20);4*1H/t8-,9-;;;;/m0..../s1. The summed E-state index contributed by atoms with van der Waals surface area (Å²) in [5.74, 6) is -1.31. The first-order valence-corrected chi connectivity index (χ1v) is 7.57. The van der Waals surface area contributed by atoms with E-state index in [0.717, 1.165) is 0 Å². The largest absolute Gasteiger partial charge is 0.467 e. The second kappa shape index (κ2) is 21.9. The molecule has 0 aliphatic rings. The number of carbonyl (C=O) groups is 2. The van der Waals surface area contributed by atoms with Gasteiger partial charge < -0.3 is 37.9 Å². The molecule has 0 saturated carbocycles. The minimum absolute atomic E-state index is 0. The molecule has 170 valence electrons. The molecule has 0 saturated heterocycles. The normalized spacial score (nSPS) is 10.8. The smallest absolute Gasteiger partial charge is 0.328 e. The van der Waals surface area contributed by atoms with Crippen LogP contribution in [0.4, 0.5) is 0 Å². The Kier molecular flexibility index (Phi) is 29.2. The van der Waals surface area contributed by atoms with Gasteiger partial charge in [0, 0.05) is 13.1 Å². The quantitative estimate of drug-likeness (QED) is 0.0794. The molecule has 28 heavy (non-hydrogen) atoms. The fourth-order valence-electron chi connectivity index (χ4n) is 1.88. The third-order valence-electron chi connectivity index (χ3n) is 3.13. The lowest BCUT2D eigenvalue weighted by Gasteiger charge is -2.19. The van der Waals surface area contributed by atoms with Crippen LogP contribution in [0.3, 0.4) is 0 Å². The van der Waals surface area contributed by atoms with E-state index >= 15 is 0 Å². The zero-order chi connectivity index (χ0) is 18.5. The number of nitrogens with one attached hydrogen (secondary N) is 5. The molecule has 0 aromatic carbocycles. The van der Waals surface area contributed by atoms with Crippen molar-refractivity contribution in [2.75, 3.05) is 20.2 Å². The van der Waals surface area contributed by atoms with Gasteiger partial charge >= 0.3 is 5.97 Å². The van der Waals surface area contributed by atoms with Gasteiger partial charge in [-0.15, -0.1) is 49.6 Å². The Morgan fingerprint density at radius 1 is 0.929 bits per heavy atom. The summed E-state index contributed by atoms with van der Waals surface area (Å²) in [4.78, 5) is 23.8. The number of amides is 1. The van der Waals surface area contributed by atoms with E-state index in [-0.39, 0.29) is 61.5 Å². The third kappa shape index (κ3) is 19.4. The molecule has 0 rings (SSSR count). The van der Waals surface area contributed by atoms with Crippen LogP contribution < -0.4 is 33.2 Å². The Labute approximate surface area is 189 Å². The molecule has 0 aliphatic heterocycles. The Hall–Kier alpha value is -1.40. The number of hydrogen-bond donors (Lipinski definition) is 8. The summed E-state index contributed by atoms with van der Waals surface area (Å²) < 4.78 is 4.67. The van der Waals surface area contributed by atoms with E-state index in [1.165, 1.54) is 7.11 Å². The topological polar surface area (TPSA) is 205 Å². The van der Waals surface area contributed by atoms with Crippen LogP contribution in [-0.2, 0) is 14.3 Å². The second-order valence-electron chi connectivity index (χ2n) is 5.16. The van der Waals surface area contributed by atoms with E-state index in [2.05, 4.69) is 20.7 Å². The number of carbonyl (C=O) groups excluding carboxylic acids is 2. The minimum Gasteiger partial charge on any atom is -0.467 e. The molecule has 1 amide bonds. The first-order valence-electron chi connectivity index (χ1n) is 7.57. The van der Waals surface area contributed by atoms with E-state index in [9.17, 15) is 9.59 Å². The van der Waals surface area contributed by atoms with Crippen molar-refractivity contribution in [2.24, 2.45) is 17.2 Å². The van der Waals surface area contributed by atoms with Crippen LogP contribution in [0.15, 0.2) is 0 Å². The second-order valence-corrected chi connectivity index (χ2v) is 5.16. The van der Waals surface area contributed by atoms with Crippen LogP contribution in [0.5, 0.6) is 0 Å². The molecule has 11 N–H and O–H groups in total. The number of halogens is 4. The Bertz CT molecular complexity index is 459. The highest BCUT2D eigenvalue weighted by atomic mass is 35.5. The van der Waals surface area contributed by atoms with E-state index in [0.29, 0.717) is 38.8 Å². The van der Waals surface area contributed by atoms with Gasteiger partial charge in [-0.25, -0.2) is 4.79 Å². The zero-order valence-corrected chi connectivity index (χ0v) is 18.8. The van der Waals surface area contributed by atoms with Gasteiger partial charge in [0.1, 0.15) is 6.04 Å². The van der Waals surface area contributed by atoms with Crippen molar-refractivity contribution in [3.63, 3.8) is 0 Å². The zero-order valence-electron chi connectivity index (χ0n) is 15.5. The van der Waals surface area contributed by atoms with Crippen molar-refractivity contribution in [3.05, 3.63) is 0 Å². The molecule has 0 heterocycles. The molecular formula is C13H32Cl4N8O3. The molecule has 11 nitrogen and oxygen atoms in total. The first kappa shape index (κ1) is 37.4. The molecule has 0 aromatic heterocycles. The summed E-state index contributed by atoms with van der Waals surface area (Å²) in [6.45, 7) is 0.842. The van der Waals surface area contributed by atoms with Gasteiger partial charge in [0.25, 0.3) is 0 Å². The fourth-order valence-corrected chi connectivity index (χ4v) is 1.88. The average molecular weight is 490 g/mol. The fraction of sp³-hybridized carbons (Fsp3) is 0.692. The molecule has 0 aliphatic carbocycles. The number of nitrogens with two attached hydrogens (primary N) is 3. The maximum absolute atomic E-state index is 12.0. The summed E-state index contributed by atoms with van der Waals surface area (Å²) in [6.07, 6.45) is 1.78. The van der Waals surface area contributed by atoms with Crippen molar-refractivity contribution in [2.45, 2.75) is 37.8 Å². The van der Waals surface area contributed by atoms with Crippen molar-refractivity contribution in [1.29, 1.82) is 10.8 Å². The minimum atomic E-state index is -0.808. The predicted molar refractivity (Wildman–Crippen MR) is 119 cm³/mol. The van der Waals surface area contributed by atoms with Crippen LogP contribution in [-0.4, -0.2) is 56.1 Å². The monoisotopic (exact) mass is 488 g/mol. The van der Waals surface area contributed by atoms with Gasteiger partial charge in [0.05, 0.1) is 13.2 Å². The highest BCUT2D eigenvalue weighted by Crippen LogP contribution is 2.02. The molecule has 0 unspecified atom stereocenters. The maximum atomic E-state index is 12.0. The number of esters is 1. The lowest BCUT2D eigenvalue weighted by atomic mass is 10.1. The van der Waals surface area contributed by atoms with Crippen molar-refractivity contribution in [3.8, 4) is 0 Å². The number of rotatable bonds is 11. The maximum Gasteiger partial charge on any atom is 0.328 e. The molecule has 15 heteroatoms. The summed E-state index contributed by atoms with van der Waals surface area (Å²) in [7, 11) is 1.24.